The highest BCUT2D eigenvalue weighted by atomic mass is 16.9. The van der Waals surface area contributed by atoms with Crippen LogP contribution in [0.2, 0.25) is 0 Å². The van der Waals surface area contributed by atoms with Crippen LogP contribution >= 0.6 is 0 Å². The van der Waals surface area contributed by atoms with Gasteiger partial charge in [-0.05, 0) is 19.9 Å². The van der Waals surface area contributed by atoms with Crippen LogP contribution in [-0.2, 0) is 9.63 Å². The molecule has 0 saturated carbocycles. The maximum absolute atomic E-state index is 10.3. The number of aliphatic carboxylic acids is 1. The van der Waals surface area contributed by atoms with Gasteiger partial charge < -0.3 is 15.3 Å². The summed E-state index contributed by atoms with van der Waals surface area (Å²) in [5.41, 5.74) is 0. The third-order valence-electron chi connectivity index (χ3n) is 1.34. The fourth-order valence-corrected chi connectivity index (χ4v) is 0.617. The van der Waals surface area contributed by atoms with Crippen LogP contribution in [0.25, 0.3) is 0 Å². The lowest BCUT2D eigenvalue weighted by Gasteiger charge is -2.07. The van der Waals surface area contributed by atoms with Gasteiger partial charge in [-0.2, -0.15) is 0 Å². The topological polar surface area (TPSA) is 102 Å². The molecule has 0 aliphatic rings. The van der Waals surface area contributed by atoms with E-state index in [0.717, 1.165) is 0 Å². The van der Waals surface area contributed by atoms with E-state index < -0.39 is 17.1 Å². The largest absolute Gasteiger partial charge is 0.480 e. The Bertz CT molecular complexity index is 184. The molecule has 0 aromatic heterocycles. The van der Waals surface area contributed by atoms with Gasteiger partial charge in [-0.25, -0.2) is 0 Å². The maximum Gasteiger partial charge on any atom is 0.320 e. The molecule has 0 aliphatic carbocycles. The molecule has 7 nitrogen and oxygen atoms in total. The van der Waals surface area contributed by atoms with Crippen molar-refractivity contribution in [2.75, 3.05) is 13.2 Å². The van der Waals surface area contributed by atoms with Crippen LogP contribution in [-0.4, -0.2) is 35.4 Å². The molecule has 0 fully saturated rings. The van der Waals surface area contributed by atoms with Crippen LogP contribution in [0.1, 0.15) is 13.3 Å². The molecule has 7 heteroatoms. The van der Waals surface area contributed by atoms with Gasteiger partial charge in [0.2, 0.25) is 0 Å². The van der Waals surface area contributed by atoms with Gasteiger partial charge in [-0.15, -0.1) is 10.1 Å². The molecule has 0 bridgehead atoms. The molecule has 76 valence electrons. The standard InChI is InChI=1S/C6H12N2O5/c1-5(6(9)10)7-3-2-4-13-8(11)12/h5,7H,2-4H2,1H3,(H,9,10)/t5-/m0/s1. The number of nitrogens with zero attached hydrogens (tertiary/aromatic N) is 1. The Kier molecular flexibility index (Phi) is 5.53. The molecule has 0 aromatic carbocycles. The Labute approximate surface area is 74.8 Å². The zero-order valence-electron chi connectivity index (χ0n) is 7.23. The number of hydrogen-bond donors (Lipinski definition) is 2. The smallest absolute Gasteiger partial charge is 0.320 e. The van der Waals surface area contributed by atoms with Crippen molar-refractivity contribution in [3.63, 3.8) is 0 Å². The SMILES string of the molecule is C[C@H](NCCCO[N+](=O)[O-])C(=O)O. The van der Waals surface area contributed by atoms with E-state index in [4.69, 9.17) is 5.11 Å². The predicted molar refractivity (Wildman–Crippen MR) is 42.7 cm³/mol. The zero-order chi connectivity index (χ0) is 10.3. The molecule has 0 aromatic rings. The molecule has 0 heterocycles. The van der Waals surface area contributed by atoms with Gasteiger partial charge in [0.1, 0.15) is 6.04 Å². The number of nitrogens with one attached hydrogen (secondary N) is 1. The highest BCUT2D eigenvalue weighted by Crippen LogP contribution is 1.84. The van der Waals surface area contributed by atoms with Crippen molar-refractivity contribution in [1.29, 1.82) is 0 Å². The summed E-state index contributed by atoms with van der Waals surface area (Å²) in [5, 5.41) is 19.9. The normalized spacial score (nSPS) is 12.1. The Balaban J connectivity index is 3.26. The van der Waals surface area contributed by atoms with Gasteiger partial charge in [0.15, 0.2) is 0 Å². The van der Waals surface area contributed by atoms with Crippen molar-refractivity contribution in [2.45, 2.75) is 19.4 Å². The third-order valence-corrected chi connectivity index (χ3v) is 1.34. The lowest BCUT2D eigenvalue weighted by molar-refractivity contribution is -0.757. The average Bonchev–Trinajstić information content (AvgIpc) is 2.02. The molecular formula is C6H12N2O5. The van der Waals surface area contributed by atoms with E-state index in [1.807, 2.05) is 0 Å². The van der Waals surface area contributed by atoms with E-state index in [1.54, 1.807) is 0 Å². The fourth-order valence-electron chi connectivity index (χ4n) is 0.617. The Morgan fingerprint density at radius 1 is 1.77 bits per heavy atom. The summed E-state index contributed by atoms with van der Waals surface area (Å²) < 4.78 is 0. The number of carboxylic acid groups (broad SMARTS) is 1. The molecular weight excluding hydrogens is 180 g/mol. The quantitative estimate of drug-likeness (QED) is 0.324. The molecule has 0 radical (unpaired) electrons. The number of hydrogen-bond acceptors (Lipinski definition) is 5. The Morgan fingerprint density at radius 3 is 2.85 bits per heavy atom. The number of carbonyl (C=O) groups is 1. The highest BCUT2D eigenvalue weighted by molar-refractivity contribution is 5.72. The summed E-state index contributed by atoms with van der Waals surface area (Å²) in [4.78, 5) is 24.0. The fraction of sp³-hybridized carbons (Fsp3) is 0.833. The Morgan fingerprint density at radius 2 is 2.38 bits per heavy atom. The van der Waals surface area contributed by atoms with Crippen LogP contribution in [0, 0.1) is 10.1 Å². The van der Waals surface area contributed by atoms with E-state index in [1.165, 1.54) is 6.92 Å². The molecule has 2 N–H and O–H groups in total. The van der Waals surface area contributed by atoms with E-state index in [0.29, 0.717) is 13.0 Å². The molecule has 0 aliphatic heterocycles. The molecule has 13 heavy (non-hydrogen) atoms. The summed E-state index contributed by atoms with van der Waals surface area (Å²) in [6.07, 6.45) is 0.401. The Hall–Kier alpha value is -1.37. The highest BCUT2D eigenvalue weighted by Gasteiger charge is 2.08. The van der Waals surface area contributed by atoms with Crippen molar-refractivity contribution in [1.82, 2.24) is 5.32 Å². The second-order valence-corrected chi connectivity index (χ2v) is 2.42. The summed E-state index contributed by atoms with van der Waals surface area (Å²) >= 11 is 0. The number of carboxylic acids is 1. The van der Waals surface area contributed by atoms with Crippen molar-refractivity contribution < 1.29 is 19.8 Å². The van der Waals surface area contributed by atoms with Crippen LogP contribution in [0.4, 0.5) is 0 Å². The lowest BCUT2D eigenvalue weighted by atomic mass is 10.3. The minimum Gasteiger partial charge on any atom is -0.480 e. The van der Waals surface area contributed by atoms with Crippen LogP contribution in [0.5, 0.6) is 0 Å². The first kappa shape index (κ1) is 11.6. The summed E-state index contributed by atoms with van der Waals surface area (Å²) in [6.45, 7) is 1.85. The van der Waals surface area contributed by atoms with Gasteiger partial charge in [0.25, 0.3) is 5.09 Å². The van der Waals surface area contributed by atoms with Gasteiger partial charge in [0.05, 0.1) is 6.61 Å². The van der Waals surface area contributed by atoms with E-state index in [2.05, 4.69) is 10.2 Å². The molecule has 0 unspecified atom stereocenters. The number of rotatable bonds is 7. The van der Waals surface area contributed by atoms with E-state index >= 15 is 0 Å². The van der Waals surface area contributed by atoms with Crippen LogP contribution in [0.3, 0.4) is 0 Å². The predicted octanol–water partition coefficient (Wildman–Crippen LogP) is -0.353. The minimum atomic E-state index is -0.949. The summed E-state index contributed by atoms with van der Waals surface area (Å²) in [5.74, 6) is -0.949. The van der Waals surface area contributed by atoms with Gasteiger partial charge in [-0.3, -0.25) is 4.79 Å². The van der Waals surface area contributed by atoms with E-state index in [9.17, 15) is 14.9 Å². The maximum atomic E-state index is 10.3. The van der Waals surface area contributed by atoms with Gasteiger partial charge >= 0.3 is 5.97 Å². The van der Waals surface area contributed by atoms with Crippen LogP contribution in [0.15, 0.2) is 0 Å². The second kappa shape index (κ2) is 6.18. The first-order chi connectivity index (χ1) is 6.04. The monoisotopic (exact) mass is 192 g/mol. The second-order valence-electron chi connectivity index (χ2n) is 2.42. The lowest BCUT2D eigenvalue weighted by Crippen LogP contribution is -2.34. The van der Waals surface area contributed by atoms with Crippen molar-refractivity contribution in [2.24, 2.45) is 0 Å². The average molecular weight is 192 g/mol. The first-order valence-electron chi connectivity index (χ1n) is 3.77. The molecule has 0 amide bonds. The molecule has 1 atom stereocenters. The third kappa shape index (κ3) is 7.01. The van der Waals surface area contributed by atoms with Gasteiger partial charge in [-0.1, -0.05) is 0 Å². The van der Waals surface area contributed by atoms with Crippen molar-refractivity contribution >= 4 is 5.97 Å². The van der Waals surface area contributed by atoms with Crippen molar-refractivity contribution in [3.05, 3.63) is 10.1 Å². The minimum absolute atomic E-state index is 0.0215. The van der Waals surface area contributed by atoms with Crippen LogP contribution < -0.4 is 5.32 Å². The first-order valence-corrected chi connectivity index (χ1v) is 3.77. The summed E-state index contributed by atoms with van der Waals surface area (Å²) in [6, 6.07) is -0.643. The summed E-state index contributed by atoms with van der Waals surface area (Å²) in [7, 11) is 0. The zero-order valence-corrected chi connectivity index (χ0v) is 7.23. The van der Waals surface area contributed by atoms with Crippen molar-refractivity contribution in [3.8, 4) is 0 Å². The molecule has 0 saturated heterocycles. The molecule has 0 rings (SSSR count). The molecule has 0 spiro atoms. The van der Waals surface area contributed by atoms with E-state index in [-0.39, 0.29) is 6.61 Å². The van der Waals surface area contributed by atoms with Gasteiger partial charge in [0, 0.05) is 0 Å².